The van der Waals surface area contributed by atoms with Crippen molar-refractivity contribution in [1.29, 1.82) is 0 Å². The number of fused-ring (bicyclic) bond motifs is 1. The Morgan fingerprint density at radius 1 is 1.12 bits per heavy atom. The van der Waals surface area contributed by atoms with Crippen molar-refractivity contribution in [1.82, 2.24) is 9.99 Å². The van der Waals surface area contributed by atoms with Crippen molar-refractivity contribution in [3.63, 3.8) is 0 Å². The molecule has 0 saturated carbocycles. The molecule has 1 aliphatic heterocycles. The SMILES string of the molecule is Cc1ccc(-c2ccc3c(c2)CN(N=Cc2cccnc2)C(=O)N3)cc1. The molecular formula is C21H18N4O. The van der Waals surface area contributed by atoms with Crippen LogP contribution in [0.5, 0.6) is 0 Å². The fraction of sp³-hybridized carbons (Fsp3) is 0.0952. The molecule has 1 aromatic heterocycles. The number of hydrogen-bond acceptors (Lipinski definition) is 3. The zero-order valence-electron chi connectivity index (χ0n) is 14.4. The van der Waals surface area contributed by atoms with E-state index in [0.29, 0.717) is 6.54 Å². The van der Waals surface area contributed by atoms with Crippen LogP contribution in [0.25, 0.3) is 11.1 Å². The second kappa shape index (κ2) is 6.80. The highest BCUT2D eigenvalue weighted by molar-refractivity contribution is 5.93. The maximum atomic E-state index is 12.3. The quantitative estimate of drug-likeness (QED) is 0.716. The molecule has 0 unspecified atom stereocenters. The molecule has 2 amide bonds. The highest BCUT2D eigenvalue weighted by Crippen LogP contribution is 2.29. The van der Waals surface area contributed by atoms with E-state index in [9.17, 15) is 4.79 Å². The third kappa shape index (κ3) is 3.32. The van der Waals surface area contributed by atoms with Crippen molar-refractivity contribution < 1.29 is 4.79 Å². The third-order valence-electron chi connectivity index (χ3n) is 4.32. The number of nitrogens with zero attached hydrogens (tertiary/aromatic N) is 3. The van der Waals surface area contributed by atoms with Crippen LogP contribution in [0.2, 0.25) is 0 Å². The number of benzene rings is 2. The van der Waals surface area contributed by atoms with Crippen molar-refractivity contribution in [3.05, 3.63) is 83.7 Å². The zero-order chi connectivity index (χ0) is 17.9. The van der Waals surface area contributed by atoms with Crippen LogP contribution >= 0.6 is 0 Å². The number of carbonyl (C=O) groups is 1. The van der Waals surface area contributed by atoms with Gasteiger partial charge in [0.15, 0.2) is 0 Å². The van der Waals surface area contributed by atoms with Crippen LogP contribution in [0.1, 0.15) is 16.7 Å². The van der Waals surface area contributed by atoms with Crippen molar-refractivity contribution in [2.45, 2.75) is 13.5 Å². The molecule has 0 bridgehead atoms. The minimum atomic E-state index is -0.235. The van der Waals surface area contributed by atoms with Gasteiger partial charge in [-0.1, -0.05) is 42.0 Å². The van der Waals surface area contributed by atoms with E-state index in [0.717, 1.165) is 27.9 Å². The number of amides is 2. The number of aryl methyl sites for hydroxylation is 1. The van der Waals surface area contributed by atoms with Gasteiger partial charge < -0.3 is 5.32 Å². The van der Waals surface area contributed by atoms with E-state index >= 15 is 0 Å². The van der Waals surface area contributed by atoms with Gasteiger partial charge in [-0.2, -0.15) is 5.10 Å². The van der Waals surface area contributed by atoms with E-state index in [4.69, 9.17) is 0 Å². The molecular weight excluding hydrogens is 324 g/mol. The molecule has 3 aromatic rings. The van der Waals surface area contributed by atoms with E-state index in [2.05, 4.69) is 52.7 Å². The normalized spacial score (nSPS) is 13.6. The van der Waals surface area contributed by atoms with E-state index in [1.807, 2.05) is 24.3 Å². The van der Waals surface area contributed by atoms with Gasteiger partial charge in [-0.15, -0.1) is 0 Å². The summed E-state index contributed by atoms with van der Waals surface area (Å²) in [5.41, 5.74) is 6.22. The summed E-state index contributed by atoms with van der Waals surface area (Å²) in [5.74, 6) is 0. The summed E-state index contributed by atoms with van der Waals surface area (Å²) in [6, 6.07) is 18.0. The number of carbonyl (C=O) groups excluding carboxylic acids is 1. The second-order valence-electron chi connectivity index (χ2n) is 6.26. The predicted molar refractivity (Wildman–Crippen MR) is 103 cm³/mol. The smallest absolute Gasteiger partial charge is 0.306 e. The number of pyridine rings is 1. The fourth-order valence-electron chi connectivity index (χ4n) is 2.87. The molecule has 0 fully saturated rings. The Labute approximate surface area is 152 Å². The Morgan fingerprint density at radius 3 is 2.69 bits per heavy atom. The van der Waals surface area contributed by atoms with E-state index in [1.54, 1.807) is 18.6 Å². The summed E-state index contributed by atoms with van der Waals surface area (Å²) < 4.78 is 0. The van der Waals surface area contributed by atoms with E-state index in [1.165, 1.54) is 10.6 Å². The van der Waals surface area contributed by atoms with Crippen LogP contribution in [0.4, 0.5) is 10.5 Å². The first-order valence-corrected chi connectivity index (χ1v) is 8.41. The molecule has 1 N–H and O–H groups in total. The van der Waals surface area contributed by atoms with Gasteiger partial charge in [0.05, 0.1) is 12.8 Å². The van der Waals surface area contributed by atoms with Crippen LogP contribution in [0, 0.1) is 6.92 Å². The number of rotatable bonds is 3. The molecule has 2 aromatic carbocycles. The fourth-order valence-corrected chi connectivity index (χ4v) is 2.87. The highest BCUT2D eigenvalue weighted by atomic mass is 16.2. The molecule has 128 valence electrons. The van der Waals surface area contributed by atoms with Gasteiger partial charge in [0.25, 0.3) is 0 Å². The topological polar surface area (TPSA) is 57.6 Å². The average molecular weight is 342 g/mol. The first-order chi connectivity index (χ1) is 12.7. The molecule has 1 aliphatic rings. The lowest BCUT2D eigenvalue weighted by molar-refractivity contribution is 0.209. The zero-order valence-corrected chi connectivity index (χ0v) is 14.4. The van der Waals surface area contributed by atoms with Gasteiger partial charge in [0.2, 0.25) is 0 Å². The van der Waals surface area contributed by atoms with Crippen molar-refractivity contribution in [2.75, 3.05) is 5.32 Å². The molecule has 5 nitrogen and oxygen atoms in total. The van der Waals surface area contributed by atoms with Gasteiger partial charge >= 0.3 is 6.03 Å². The maximum absolute atomic E-state index is 12.3. The standard InChI is InChI=1S/C21H18N4O/c1-15-4-6-17(7-5-15)18-8-9-20-19(11-18)14-25(21(26)24-20)23-13-16-3-2-10-22-12-16/h2-13H,14H2,1H3,(H,24,26). The Kier molecular flexibility index (Phi) is 4.19. The molecule has 0 aliphatic carbocycles. The van der Waals surface area contributed by atoms with Gasteiger partial charge in [-0.25, -0.2) is 9.80 Å². The molecule has 0 radical (unpaired) electrons. The number of nitrogens with one attached hydrogen (secondary N) is 1. The molecule has 0 atom stereocenters. The lowest BCUT2D eigenvalue weighted by Gasteiger charge is -2.25. The average Bonchev–Trinajstić information content (AvgIpc) is 2.67. The van der Waals surface area contributed by atoms with Crippen LogP contribution in [-0.2, 0) is 6.54 Å². The van der Waals surface area contributed by atoms with Crippen LogP contribution < -0.4 is 5.32 Å². The third-order valence-corrected chi connectivity index (χ3v) is 4.32. The van der Waals surface area contributed by atoms with E-state index < -0.39 is 0 Å². The summed E-state index contributed by atoms with van der Waals surface area (Å²) >= 11 is 0. The van der Waals surface area contributed by atoms with Gasteiger partial charge in [-0.05, 0) is 41.8 Å². The van der Waals surface area contributed by atoms with Gasteiger partial charge in [-0.3, -0.25) is 4.98 Å². The second-order valence-corrected chi connectivity index (χ2v) is 6.26. The van der Waals surface area contributed by atoms with Crippen molar-refractivity contribution in [2.24, 2.45) is 5.10 Å². The van der Waals surface area contributed by atoms with Gasteiger partial charge in [0, 0.05) is 23.6 Å². The Morgan fingerprint density at radius 2 is 1.92 bits per heavy atom. The number of hydrazone groups is 1. The predicted octanol–water partition coefficient (Wildman–Crippen LogP) is 4.44. The van der Waals surface area contributed by atoms with Crippen molar-refractivity contribution in [3.8, 4) is 11.1 Å². The molecule has 0 saturated heterocycles. The molecule has 2 heterocycles. The maximum Gasteiger partial charge on any atom is 0.342 e. The van der Waals surface area contributed by atoms with E-state index in [-0.39, 0.29) is 6.03 Å². The molecule has 4 rings (SSSR count). The Bertz CT molecular complexity index is 965. The molecule has 5 heteroatoms. The van der Waals surface area contributed by atoms with Gasteiger partial charge in [0.1, 0.15) is 0 Å². The first kappa shape index (κ1) is 16.0. The Balaban J connectivity index is 1.59. The number of urea groups is 1. The number of aromatic nitrogens is 1. The highest BCUT2D eigenvalue weighted by Gasteiger charge is 2.22. The summed E-state index contributed by atoms with van der Waals surface area (Å²) in [5, 5.41) is 8.62. The summed E-state index contributed by atoms with van der Waals surface area (Å²) in [7, 11) is 0. The minimum absolute atomic E-state index is 0.235. The first-order valence-electron chi connectivity index (χ1n) is 8.41. The summed E-state index contributed by atoms with van der Waals surface area (Å²) in [6.07, 6.45) is 5.05. The van der Waals surface area contributed by atoms with Crippen LogP contribution in [0.15, 0.2) is 72.1 Å². The summed E-state index contributed by atoms with van der Waals surface area (Å²) in [4.78, 5) is 16.3. The number of hydrogen-bond donors (Lipinski definition) is 1. The molecule has 26 heavy (non-hydrogen) atoms. The van der Waals surface area contributed by atoms with Crippen LogP contribution in [0.3, 0.4) is 0 Å². The minimum Gasteiger partial charge on any atom is -0.306 e. The van der Waals surface area contributed by atoms with Crippen molar-refractivity contribution >= 4 is 17.9 Å². The monoisotopic (exact) mass is 342 g/mol. The Hall–Kier alpha value is -3.47. The molecule has 0 spiro atoms. The largest absolute Gasteiger partial charge is 0.342 e. The number of anilines is 1. The lowest BCUT2D eigenvalue weighted by atomic mass is 10.00. The summed E-state index contributed by atoms with van der Waals surface area (Å²) in [6.45, 7) is 2.50. The van der Waals surface area contributed by atoms with Crippen LogP contribution in [-0.4, -0.2) is 22.2 Å². The lowest BCUT2D eigenvalue weighted by Crippen LogP contribution is -2.35.